The molecule has 2 aromatic carbocycles. The van der Waals surface area contributed by atoms with Crippen LogP contribution in [0.25, 0.3) is 27.7 Å². The molecule has 5 nitrogen and oxygen atoms in total. The first kappa shape index (κ1) is 18.5. The monoisotopic (exact) mass is 419 g/mol. The number of anilines is 1. The second kappa shape index (κ2) is 5.93. The lowest BCUT2D eigenvalue weighted by Gasteiger charge is -2.35. The molecular weight excluding hydrogens is 396 g/mol. The smallest absolute Gasteiger partial charge is 0.162 e. The van der Waals surface area contributed by atoms with E-state index in [1.54, 1.807) is 6.07 Å². The number of fused-ring (bicyclic) bond motifs is 4. The fraction of sp³-hybridized carbons (Fsp3) is 0.333. The van der Waals surface area contributed by atoms with Crippen LogP contribution in [-0.2, 0) is 5.54 Å². The number of aryl methyl sites for hydroxylation is 1. The number of nitrogens with zero attached hydrogens (tertiary/aromatic N) is 3. The lowest BCUT2D eigenvalue weighted by molar-refractivity contribution is 0.532. The first-order valence-electron chi connectivity index (χ1n) is 10.6. The van der Waals surface area contributed by atoms with Crippen molar-refractivity contribution in [3.63, 3.8) is 0 Å². The summed E-state index contributed by atoms with van der Waals surface area (Å²) in [7, 11) is 0. The lowest BCUT2D eigenvalue weighted by Crippen LogP contribution is -2.36. The molecule has 1 aliphatic heterocycles. The summed E-state index contributed by atoms with van der Waals surface area (Å²) in [5.74, 6) is 1.21. The van der Waals surface area contributed by atoms with Crippen LogP contribution in [0.3, 0.4) is 0 Å². The van der Waals surface area contributed by atoms with Crippen LogP contribution in [0.5, 0.6) is 0 Å². The molecule has 0 unspecified atom stereocenters. The molecule has 1 fully saturated rings. The fourth-order valence-corrected chi connectivity index (χ4v) is 5.06. The molecule has 0 saturated heterocycles. The van der Waals surface area contributed by atoms with E-state index in [1.807, 2.05) is 38.5 Å². The summed E-state index contributed by atoms with van der Waals surface area (Å²) in [6, 6.07) is 4.48. The summed E-state index contributed by atoms with van der Waals surface area (Å²) in [6.45, 7) is 7.75. The van der Waals surface area contributed by atoms with Crippen molar-refractivity contribution in [2.24, 2.45) is 0 Å². The van der Waals surface area contributed by atoms with Gasteiger partial charge in [-0.15, -0.1) is 10.2 Å². The van der Waals surface area contributed by atoms with Crippen molar-refractivity contribution in [2.75, 3.05) is 5.32 Å². The Morgan fingerprint density at radius 3 is 2.61 bits per heavy atom. The first-order chi connectivity index (χ1) is 14.8. The van der Waals surface area contributed by atoms with Gasteiger partial charge in [0.25, 0.3) is 0 Å². The number of rotatable bonds is 2. The largest absolute Gasteiger partial charge is 0.371 e. The van der Waals surface area contributed by atoms with Gasteiger partial charge in [-0.2, -0.15) is 0 Å². The highest BCUT2D eigenvalue weighted by Crippen LogP contribution is 2.47. The third-order valence-electron chi connectivity index (χ3n) is 6.62. The van der Waals surface area contributed by atoms with E-state index in [0.717, 1.165) is 52.2 Å². The molecule has 158 valence electrons. The van der Waals surface area contributed by atoms with Gasteiger partial charge in [0.15, 0.2) is 5.82 Å². The van der Waals surface area contributed by atoms with Crippen LogP contribution in [0.1, 0.15) is 55.4 Å². The molecule has 1 aliphatic carbocycles. The van der Waals surface area contributed by atoms with Crippen LogP contribution < -0.4 is 5.32 Å². The van der Waals surface area contributed by atoms with Crippen molar-refractivity contribution in [1.29, 1.82) is 0 Å². The zero-order chi connectivity index (χ0) is 21.7. The van der Waals surface area contributed by atoms with Crippen molar-refractivity contribution in [2.45, 2.75) is 52.0 Å². The Bertz CT molecular complexity index is 1390. The molecule has 7 heteroatoms. The molecule has 3 heterocycles. The topological polar surface area (TPSA) is 58.5 Å². The third kappa shape index (κ3) is 2.52. The van der Waals surface area contributed by atoms with Crippen LogP contribution in [0.4, 0.5) is 14.5 Å². The number of hydrogen-bond donors (Lipinski definition) is 2. The second-order valence-corrected chi connectivity index (χ2v) is 9.30. The molecule has 0 spiro atoms. The molecule has 1 saturated carbocycles. The van der Waals surface area contributed by atoms with Gasteiger partial charge in [0.1, 0.15) is 17.5 Å². The van der Waals surface area contributed by atoms with Crippen LogP contribution in [0.2, 0.25) is 0 Å². The Morgan fingerprint density at radius 1 is 1.10 bits per heavy atom. The summed E-state index contributed by atoms with van der Waals surface area (Å²) < 4.78 is 32.3. The molecule has 31 heavy (non-hydrogen) atoms. The van der Waals surface area contributed by atoms with E-state index in [2.05, 4.69) is 20.5 Å². The minimum absolute atomic E-state index is 0.360. The van der Waals surface area contributed by atoms with Gasteiger partial charge in [0.05, 0.1) is 22.4 Å². The Kier molecular flexibility index (Phi) is 3.55. The van der Waals surface area contributed by atoms with Gasteiger partial charge in [-0.05, 0) is 75.8 Å². The Labute approximate surface area is 178 Å². The molecule has 2 N–H and O–H groups in total. The Hall–Kier alpha value is -3.22. The first-order valence-corrected chi connectivity index (χ1v) is 10.6. The fourth-order valence-electron chi connectivity index (χ4n) is 5.06. The van der Waals surface area contributed by atoms with Crippen molar-refractivity contribution >= 4 is 16.6 Å². The van der Waals surface area contributed by atoms with Gasteiger partial charge in [0.2, 0.25) is 0 Å². The number of nitrogens with one attached hydrogen (secondary N) is 2. The van der Waals surface area contributed by atoms with E-state index >= 15 is 4.39 Å². The van der Waals surface area contributed by atoms with E-state index < -0.39 is 5.54 Å². The summed E-state index contributed by atoms with van der Waals surface area (Å²) in [5.41, 5.74) is 4.53. The number of benzene rings is 2. The number of hydrogen-bond acceptors (Lipinski definition) is 3. The van der Waals surface area contributed by atoms with Gasteiger partial charge in [-0.1, -0.05) is 0 Å². The second-order valence-electron chi connectivity index (χ2n) is 9.30. The van der Waals surface area contributed by atoms with E-state index in [0.29, 0.717) is 22.7 Å². The molecule has 2 aromatic heterocycles. The van der Waals surface area contributed by atoms with E-state index in [-0.39, 0.29) is 11.6 Å². The number of H-pyrrole nitrogens is 1. The van der Waals surface area contributed by atoms with Gasteiger partial charge in [-0.3, -0.25) is 4.57 Å². The van der Waals surface area contributed by atoms with Gasteiger partial charge >= 0.3 is 0 Å². The van der Waals surface area contributed by atoms with Gasteiger partial charge in [-0.25, -0.2) is 8.78 Å². The van der Waals surface area contributed by atoms with Crippen molar-refractivity contribution in [3.05, 3.63) is 58.8 Å². The zero-order valence-corrected chi connectivity index (χ0v) is 17.9. The number of aromatic amines is 1. The van der Waals surface area contributed by atoms with Crippen LogP contribution in [0, 0.1) is 25.5 Å². The zero-order valence-electron chi connectivity index (χ0n) is 17.9. The minimum atomic E-state index is -0.501. The molecule has 0 atom stereocenters. The quantitative estimate of drug-likeness (QED) is 0.429. The van der Waals surface area contributed by atoms with Crippen LogP contribution in [-0.4, -0.2) is 19.7 Å². The summed E-state index contributed by atoms with van der Waals surface area (Å²) in [6.07, 6.45) is 4.17. The third-order valence-corrected chi connectivity index (χ3v) is 6.62. The lowest BCUT2D eigenvalue weighted by atomic mass is 9.92. The normalized spacial score (nSPS) is 16.8. The highest BCUT2D eigenvalue weighted by atomic mass is 19.1. The predicted octanol–water partition coefficient (Wildman–Crippen LogP) is 5.85. The summed E-state index contributed by atoms with van der Waals surface area (Å²) >= 11 is 0. The highest BCUT2D eigenvalue weighted by Gasteiger charge is 2.36. The van der Waals surface area contributed by atoms with E-state index in [1.165, 1.54) is 12.1 Å². The maximum atomic E-state index is 15.6. The summed E-state index contributed by atoms with van der Waals surface area (Å²) in [5, 5.41) is 12.9. The predicted molar refractivity (Wildman–Crippen MR) is 117 cm³/mol. The molecule has 4 aromatic rings. The SMILES string of the molecule is Cc1c(-c2cc(F)cc3c(C4CC4)c[nH]c23)c(F)cc2c1-n1c(C)nnc1C(C)(C)N2. The van der Waals surface area contributed by atoms with E-state index in [4.69, 9.17) is 0 Å². The maximum Gasteiger partial charge on any atom is 0.162 e. The van der Waals surface area contributed by atoms with Gasteiger partial charge in [0, 0.05) is 22.7 Å². The standard InChI is InChI=1S/C24H23F2N5/c1-11-20(16-8-14(25)7-15-17(13-5-6-13)10-27-21(15)16)18(26)9-19-22(11)31-12(2)29-30-23(31)24(3,4)28-19/h7-10,13,27-28H,5-6H2,1-4H3. The van der Waals surface area contributed by atoms with Gasteiger partial charge < -0.3 is 10.3 Å². The minimum Gasteiger partial charge on any atom is -0.371 e. The molecule has 0 bridgehead atoms. The number of halogens is 2. The number of aromatic nitrogens is 4. The molecule has 0 radical (unpaired) electrons. The van der Waals surface area contributed by atoms with E-state index in [9.17, 15) is 4.39 Å². The summed E-state index contributed by atoms with van der Waals surface area (Å²) in [4.78, 5) is 3.30. The average molecular weight is 419 g/mol. The molecular formula is C24H23F2N5. The van der Waals surface area contributed by atoms with Crippen molar-refractivity contribution in [1.82, 2.24) is 19.7 Å². The molecule has 2 aliphatic rings. The van der Waals surface area contributed by atoms with Crippen LogP contribution in [0.15, 0.2) is 24.4 Å². The maximum absolute atomic E-state index is 15.6. The van der Waals surface area contributed by atoms with Crippen molar-refractivity contribution < 1.29 is 8.78 Å². The van der Waals surface area contributed by atoms with Crippen molar-refractivity contribution in [3.8, 4) is 16.8 Å². The highest BCUT2D eigenvalue weighted by molar-refractivity contribution is 5.98. The Balaban J connectivity index is 1.66. The average Bonchev–Trinajstić information content (AvgIpc) is 3.32. The van der Waals surface area contributed by atoms with Crippen LogP contribution >= 0.6 is 0 Å². The molecule has 0 amide bonds. The molecule has 6 rings (SSSR count). The Morgan fingerprint density at radius 2 is 1.87 bits per heavy atom.